The molecular weight excluding hydrogens is 249 g/mol. The van der Waals surface area contributed by atoms with Gasteiger partial charge >= 0.3 is 0 Å². The monoisotopic (exact) mass is 263 g/mol. The summed E-state index contributed by atoms with van der Waals surface area (Å²) >= 11 is 0. The van der Waals surface area contributed by atoms with E-state index in [1.165, 1.54) is 7.11 Å². The Balaban J connectivity index is 2.35. The van der Waals surface area contributed by atoms with Crippen LogP contribution >= 0.6 is 0 Å². The molecule has 1 aromatic carbocycles. The molecule has 0 aliphatic rings. The van der Waals surface area contributed by atoms with Gasteiger partial charge in [-0.15, -0.1) is 0 Å². The number of hydrogen-bond donors (Lipinski definition) is 2. The van der Waals surface area contributed by atoms with Gasteiger partial charge in [-0.1, -0.05) is 17.3 Å². The van der Waals surface area contributed by atoms with Gasteiger partial charge in [-0.05, 0) is 18.2 Å². The second-order valence-corrected chi connectivity index (χ2v) is 3.94. The van der Waals surface area contributed by atoms with Crippen molar-refractivity contribution in [3.63, 3.8) is 0 Å². The molecule has 6 heteroatoms. The molecule has 1 aromatic heterocycles. The van der Waals surface area contributed by atoms with Crippen LogP contribution in [-0.2, 0) is 6.54 Å². The summed E-state index contributed by atoms with van der Waals surface area (Å²) in [7, 11) is 1.42. The smallest absolute Gasteiger partial charge is 0.186 e. The predicted octanol–water partition coefficient (Wildman–Crippen LogP) is 1.78. The van der Waals surface area contributed by atoms with Crippen LogP contribution in [0.3, 0.4) is 0 Å². The zero-order valence-electron chi connectivity index (χ0n) is 10.4. The molecule has 0 radical (unpaired) electrons. The lowest BCUT2D eigenvalue weighted by molar-refractivity contribution is 0.318. The Labute approximate surface area is 109 Å². The van der Waals surface area contributed by atoms with Crippen molar-refractivity contribution >= 4 is 5.84 Å². The van der Waals surface area contributed by atoms with Gasteiger partial charge in [0.05, 0.1) is 19.3 Å². The average molecular weight is 263 g/mol. The average Bonchev–Trinajstić information content (AvgIpc) is 2.88. The lowest BCUT2D eigenvalue weighted by Crippen LogP contribution is -2.18. The fraction of sp³-hybridized carbons (Fsp3) is 0.154. The Kier molecular flexibility index (Phi) is 3.70. The molecule has 0 bridgehead atoms. The van der Waals surface area contributed by atoms with Crippen molar-refractivity contribution in [2.75, 3.05) is 7.11 Å². The van der Waals surface area contributed by atoms with Crippen LogP contribution in [0.25, 0.3) is 0 Å². The molecule has 0 unspecified atom stereocenters. The standard InChI is InChI=1S/C13H14FN3O2/c1-19-11-6-2-4-9(12(11)14)8-17-7-3-5-10(17)13(15)16-18/h2-7,18H,8H2,1H3,(H2,15,16). The number of methoxy groups -OCH3 is 1. The maximum Gasteiger partial charge on any atom is 0.186 e. The summed E-state index contributed by atoms with van der Waals surface area (Å²) in [6, 6.07) is 8.36. The van der Waals surface area contributed by atoms with Crippen LogP contribution in [0.4, 0.5) is 4.39 Å². The molecule has 0 saturated heterocycles. The fourth-order valence-electron chi connectivity index (χ4n) is 1.86. The summed E-state index contributed by atoms with van der Waals surface area (Å²) in [5.41, 5.74) is 6.53. The molecule has 0 spiro atoms. The molecule has 3 N–H and O–H groups in total. The molecule has 2 aromatic rings. The van der Waals surface area contributed by atoms with Gasteiger partial charge < -0.3 is 20.2 Å². The maximum atomic E-state index is 14.0. The highest BCUT2D eigenvalue weighted by Gasteiger charge is 2.11. The number of ether oxygens (including phenoxy) is 1. The highest BCUT2D eigenvalue weighted by molar-refractivity contribution is 5.95. The SMILES string of the molecule is COc1cccc(Cn2cccc2/C(N)=N/O)c1F. The topological polar surface area (TPSA) is 72.8 Å². The van der Waals surface area contributed by atoms with E-state index in [0.717, 1.165) is 0 Å². The fourth-order valence-corrected chi connectivity index (χ4v) is 1.86. The van der Waals surface area contributed by atoms with Crippen molar-refractivity contribution < 1.29 is 14.3 Å². The van der Waals surface area contributed by atoms with Gasteiger partial charge in [0.2, 0.25) is 0 Å². The van der Waals surface area contributed by atoms with E-state index in [2.05, 4.69) is 5.16 Å². The molecule has 0 fully saturated rings. The zero-order chi connectivity index (χ0) is 13.8. The molecule has 0 aliphatic carbocycles. The number of aromatic nitrogens is 1. The highest BCUT2D eigenvalue weighted by Crippen LogP contribution is 2.21. The van der Waals surface area contributed by atoms with Crippen molar-refractivity contribution in [3.8, 4) is 5.75 Å². The van der Waals surface area contributed by atoms with Crippen LogP contribution in [0.2, 0.25) is 0 Å². The number of oxime groups is 1. The molecule has 0 amide bonds. The second-order valence-electron chi connectivity index (χ2n) is 3.94. The Morgan fingerprint density at radius 2 is 2.21 bits per heavy atom. The Hall–Kier alpha value is -2.50. The first-order valence-electron chi connectivity index (χ1n) is 5.61. The Morgan fingerprint density at radius 3 is 2.89 bits per heavy atom. The predicted molar refractivity (Wildman–Crippen MR) is 69.0 cm³/mol. The Bertz CT molecular complexity index is 608. The lowest BCUT2D eigenvalue weighted by atomic mass is 10.2. The van der Waals surface area contributed by atoms with Gasteiger partial charge in [-0.2, -0.15) is 0 Å². The van der Waals surface area contributed by atoms with Crippen molar-refractivity contribution in [1.82, 2.24) is 4.57 Å². The largest absolute Gasteiger partial charge is 0.494 e. The maximum absolute atomic E-state index is 14.0. The summed E-state index contributed by atoms with van der Waals surface area (Å²) in [6.07, 6.45) is 1.73. The van der Waals surface area contributed by atoms with E-state index in [1.54, 1.807) is 41.1 Å². The minimum Gasteiger partial charge on any atom is -0.494 e. The summed E-state index contributed by atoms with van der Waals surface area (Å²) in [5.74, 6) is -0.243. The van der Waals surface area contributed by atoms with Gasteiger partial charge in [0, 0.05) is 11.8 Å². The molecule has 5 nitrogen and oxygen atoms in total. The third-order valence-electron chi connectivity index (χ3n) is 2.80. The van der Waals surface area contributed by atoms with Gasteiger partial charge in [0.25, 0.3) is 0 Å². The summed E-state index contributed by atoms with van der Waals surface area (Å²) in [5, 5.41) is 11.6. The molecule has 19 heavy (non-hydrogen) atoms. The number of amidine groups is 1. The number of halogens is 1. The number of nitrogens with two attached hydrogens (primary N) is 1. The zero-order valence-corrected chi connectivity index (χ0v) is 10.4. The van der Waals surface area contributed by atoms with Crippen molar-refractivity contribution in [2.24, 2.45) is 10.9 Å². The third kappa shape index (κ3) is 2.52. The van der Waals surface area contributed by atoms with E-state index in [0.29, 0.717) is 11.3 Å². The van der Waals surface area contributed by atoms with Crippen molar-refractivity contribution in [1.29, 1.82) is 0 Å². The number of hydrogen-bond acceptors (Lipinski definition) is 3. The molecule has 1 heterocycles. The number of rotatable bonds is 4. The first-order chi connectivity index (χ1) is 9.17. The Morgan fingerprint density at radius 1 is 1.42 bits per heavy atom. The van der Waals surface area contributed by atoms with Crippen molar-refractivity contribution in [2.45, 2.75) is 6.54 Å². The summed E-state index contributed by atoms with van der Waals surface area (Å²) in [4.78, 5) is 0. The van der Waals surface area contributed by atoms with Gasteiger partial charge in [-0.25, -0.2) is 4.39 Å². The van der Waals surface area contributed by atoms with Crippen LogP contribution in [0, 0.1) is 5.82 Å². The van der Waals surface area contributed by atoms with Crippen LogP contribution in [-0.4, -0.2) is 22.7 Å². The normalized spacial score (nSPS) is 11.6. The molecular formula is C13H14FN3O2. The minimum atomic E-state index is -0.413. The van der Waals surface area contributed by atoms with Crippen LogP contribution in [0.15, 0.2) is 41.7 Å². The van der Waals surface area contributed by atoms with Crippen LogP contribution in [0.1, 0.15) is 11.3 Å². The molecule has 0 saturated carbocycles. The van der Waals surface area contributed by atoms with E-state index in [9.17, 15) is 4.39 Å². The van der Waals surface area contributed by atoms with Gasteiger partial charge in [-0.3, -0.25) is 0 Å². The van der Waals surface area contributed by atoms with Gasteiger partial charge in [0.1, 0.15) is 0 Å². The van der Waals surface area contributed by atoms with E-state index in [-0.39, 0.29) is 18.1 Å². The third-order valence-corrected chi connectivity index (χ3v) is 2.80. The van der Waals surface area contributed by atoms with Crippen LogP contribution < -0.4 is 10.5 Å². The van der Waals surface area contributed by atoms with Crippen LogP contribution in [0.5, 0.6) is 5.75 Å². The molecule has 2 rings (SSSR count). The number of benzene rings is 1. The molecule has 0 atom stereocenters. The highest BCUT2D eigenvalue weighted by atomic mass is 19.1. The summed E-state index contributed by atoms with van der Waals surface area (Å²) in [6.45, 7) is 0.265. The lowest BCUT2D eigenvalue weighted by Gasteiger charge is -2.11. The minimum absolute atomic E-state index is 0.0201. The van der Waals surface area contributed by atoms with Crippen molar-refractivity contribution in [3.05, 3.63) is 53.6 Å². The van der Waals surface area contributed by atoms with E-state index in [1.807, 2.05) is 0 Å². The van der Waals surface area contributed by atoms with Gasteiger partial charge in [0.15, 0.2) is 17.4 Å². The molecule has 100 valence electrons. The first-order valence-corrected chi connectivity index (χ1v) is 5.61. The van der Waals surface area contributed by atoms with E-state index < -0.39 is 5.82 Å². The quantitative estimate of drug-likeness (QED) is 0.382. The number of nitrogens with zero attached hydrogens (tertiary/aromatic N) is 2. The first kappa shape index (κ1) is 12.9. The second kappa shape index (κ2) is 5.43. The van der Waals surface area contributed by atoms with E-state index in [4.69, 9.17) is 15.7 Å². The van der Waals surface area contributed by atoms with E-state index >= 15 is 0 Å². The summed E-state index contributed by atoms with van der Waals surface area (Å²) < 4.78 is 20.6. The molecule has 0 aliphatic heterocycles.